The van der Waals surface area contributed by atoms with Gasteiger partial charge < -0.3 is 5.11 Å². The Morgan fingerprint density at radius 1 is 1.53 bits per heavy atom. The van der Waals surface area contributed by atoms with Crippen LogP contribution in [0.3, 0.4) is 0 Å². The second-order valence-electron chi connectivity index (χ2n) is 2.78. The van der Waals surface area contributed by atoms with Crippen molar-refractivity contribution < 1.29 is 10.0 Å². The zero-order valence-electron chi connectivity index (χ0n) is 9.99. The first-order valence-corrected chi connectivity index (χ1v) is 7.39. The Morgan fingerprint density at radius 3 is 2.59 bits per heavy atom. The zero-order chi connectivity index (χ0) is 13.3. The number of nitrogens with zero attached hydrogens (tertiary/aromatic N) is 2. The van der Waals surface area contributed by atoms with E-state index >= 15 is 0 Å². The monoisotopic (exact) mass is 276 g/mol. The molecular formula is C10H16N2O3S2. The molecule has 7 heteroatoms. The highest BCUT2D eigenvalue weighted by Gasteiger charge is 2.07. The molecule has 1 aromatic rings. The molecule has 5 nitrogen and oxygen atoms in total. The molecule has 0 fully saturated rings. The molecule has 0 aromatic carbocycles. The maximum absolute atomic E-state index is 10.3. The molecule has 1 aromatic heterocycles. The van der Waals surface area contributed by atoms with Gasteiger partial charge in [0.2, 0.25) is 0 Å². The molecule has 1 N–H and O–H groups in total. The molecular weight excluding hydrogens is 260 g/mol. The molecule has 96 valence electrons. The maximum Gasteiger partial charge on any atom is 0.287 e. The third-order valence-electron chi connectivity index (χ3n) is 1.49. The van der Waals surface area contributed by atoms with Crippen molar-refractivity contribution in [3.8, 4) is 0 Å². The maximum atomic E-state index is 10.3. The second kappa shape index (κ2) is 9.26. The van der Waals surface area contributed by atoms with Crippen LogP contribution in [0.4, 0.5) is 5.69 Å². The van der Waals surface area contributed by atoms with Crippen LogP contribution in [-0.4, -0.2) is 26.9 Å². The van der Waals surface area contributed by atoms with Crippen LogP contribution in [-0.2, 0) is 0 Å². The van der Waals surface area contributed by atoms with Gasteiger partial charge in [0.1, 0.15) is 11.2 Å². The third kappa shape index (κ3) is 6.50. The van der Waals surface area contributed by atoms with Crippen LogP contribution >= 0.6 is 21.6 Å². The van der Waals surface area contributed by atoms with E-state index in [0.29, 0.717) is 5.03 Å². The van der Waals surface area contributed by atoms with Gasteiger partial charge >= 0.3 is 0 Å². The minimum absolute atomic E-state index is 0.0143. The Morgan fingerprint density at radius 2 is 2.18 bits per heavy atom. The molecule has 0 spiro atoms. The topological polar surface area (TPSA) is 76.3 Å². The van der Waals surface area contributed by atoms with Crippen LogP contribution in [0.5, 0.6) is 0 Å². The Labute approximate surface area is 109 Å². The van der Waals surface area contributed by atoms with Crippen molar-refractivity contribution in [1.82, 2.24) is 4.98 Å². The third-order valence-corrected chi connectivity index (χ3v) is 4.26. The summed E-state index contributed by atoms with van der Waals surface area (Å²) in [6.07, 6.45) is 1.23. The van der Waals surface area contributed by atoms with Gasteiger partial charge in [-0.1, -0.05) is 31.6 Å². The summed E-state index contributed by atoms with van der Waals surface area (Å²) >= 11 is 0. The fourth-order valence-corrected chi connectivity index (χ4v) is 2.50. The van der Waals surface area contributed by atoms with Crippen molar-refractivity contribution in [1.29, 1.82) is 0 Å². The summed E-state index contributed by atoms with van der Waals surface area (Å²) in [5, 5.41) is 19.9. The SMILES string of the molecule is CC.CC(CO)SSc1ccc([N+](=O)[O-])cn1. The average Bonchev–Trinajstić information content (AvgIpc) is 2.38. The lowest BCUT2D eigenvalue weighted by Crippen LogP contribution is -1.99. The largest absolute Gasteiger partial charge is 0.395 e. The Balaban J connectivity index is 0.00000121. The lowest BCUT2D eigenvalue weighted by atomic mass is 10.4. The molecule has 0 aliphatic carbocycles. The van der Waals surface area contributed by atoms with Crippen LogP contribution in [0.1, 0.15) is 20.8 Å². The second-order valence-corrected chi connectivity index (χ2v) is 5.44. The van der Waals surface area contributed by atoms with E-state index < -0.39 is 4.92 Å². The number of aromatic nitrogens is 1. The lowest BCUT2D eigenvalue weighted by molar-refractivity contribution is -0.385. The number of rotatable bonds is 5. The fraction of sp³-hybridized carbons (Fsp3) is 0.500. The van der Waals surface area contributed by atoms with Gasteiger partial charge in [-0.2, -0.15) is 0 Å². The highest BCUT2D eigenvalue weighted by atomic mass is 33.1. The summed E-state index contributed by atoms with van der Waals surface area (Å²) < 4.78 is 0. The van der Waals surface area contributed by atoms with Crippen molar-refractivity contribution in [2.75, 3.05) is 6.61 Å². The van der Waals surface area contributed by atoms with Gasteiger partial charge in [-0.05, 0) is 16.9 Å². The van der Waals surface area contributed by atoms with Crippen molar-refractivity contribution in [3.05, 3.63) is 28.4 Å². The van der Waals surface area contributed by atoms with E-state index in [9.17, 15) is 10.1 Å². The van der Waals surface area contributed by atoms with Crippen molar-refractivity contribution in [3.63, 3.8) is 0 Å². The summed E-state index contributed by atoms with van der Waals surface area (Å²) in [5.74, 6) is 0. The Bertz CT molecular complexity index is 333. The van der Waals surface area contributed by atoms with Crippen LogP contribution in [0.15, 0.2) is 23.4 Å². The summed E-state index contributed by atoms with van der Waals surface area (Å²) in [6.45, 7) is 5.99. The number of aliphatic hydroxyl groups excluding tert-OH is 1. The van der Waals surface area contributed by atoms with Crippen LogP contribution < -0.4 is 0 Å². The van der Waals surface area contributed by atoms with Gasteiger partial charge in [0.25, 0.3) is 5.69 Å². The molecule has 1 atom stereocenters. The lowest BCUT2D eigenvalue weighted by Gasteiger charge is -2.04. The molecule has 1 heterocycles. The van der Waals surface area contributed by atoms with E-state index in [2.05, 4.69) is 4.98 Å². The molecule has 1 unspecified atom stereocenters. The molecule has 0 aliphatic heterocycles. The van der Waals surface area contributed by atoms with E-state index in [1.165, 1.54) is 33.9 Å². The van der Waals surface area contributed by atoms with Gasteiger partial charge in [-0.15, -0.1) is 0 Å². The van der Waals surface area contributed by atoms with Crippen LogP contribution in [0, 0.1) is 10.1 Å². The van der Waals surface area contributed by atoms with E-state index in [0.717, 1.165) is 0 Å². The highest BCUT2D eigenvalue weighted by Crippen LogP contribution is 2.33. The number of pyridine rings is 1. The molecule has 0 saturated carbocycles. The summed E-state index contributed by atoms with van der Waals surface area (Å²) in [7, 11) is 2.87. The molecule has 17 heavy (non-hydrogen) atoms. The van der Waals surface area contributed by atoms with Gasteiger partial charge in [-0.25, -0.2) is 4.98 Å². The predicted molar refractivity (Wildman–Crippen MR) is 72.2 cm³/mol. The van der Waals surface area contributed by atoms with Crippen molar-refractivity contribution in [2.24, 2.45) is 0 Å². The minimum atomic E-state index is -0.481. The predicted octanol–water partition coefficient (Wildman–Crippen LogP) is 3.14. The van der Waals surface area contributed by atoms with E-state index in [1.807, 2.05) is 20.8 Å². The van der Waals surface area contributed by atoms with E-state index in [1.54, 1.807) is 6.07 Å². The van der Waals surface area contributed by atoms with Gasteiger partial charge in [0.15, 0.2) is 0 Å². The molecule has 0 aliphatic rings. The minimum Gasteiger partial charge on any atom is -0.395 e. The summed E-state index contributed by atoms with van der Waals surface area (Å²) in [4.78, 5) is 13.8. The quantitative estimate of drug-likeness (QED) is 0.506. The van der Waals surface area contributed by atoms with Gasteiger partial charge in [0, 0.05) is 11.3 Å². The molecule has 0 amide bonds. The van der Waals surface area contributed by atoms with Crippen molar-refractivity contribution >= 4 is 27.3 Å². The van der Waals surface area contributed by atoms with Crippen LogP contribution in [0.25, 0.3) is 0 Å². The molecule has 0 bridgehead atoms. The first-order chi connectivity index (χ1) is 8.13. The molecule has 1 rings (SSSR count). The van der Waals surface area contributed by atoms with Crippen molar-refractivity contribution in [2.45, 2.75) is 31.0 Å². The normalized spacial score (nSPS) is 11.3. The summed E-state index contributed by atoms with van der Waals surface area (Å²) in [5.41, 5.74) is -0.0143. The number of hydrogen-bond acceptors (Lipinski definition) is 6. The zero-order valence-corrected chi connectivity index (χ0v) is 11.6. The first-order valence-electron chi connectivity index (χ1n) is 5.18. The number of nitro groups is 1. The average molecular weight is 276 g/mol. The van der Waals surface area contributed by atoms with E-state index in [-0.39, 0.29) is 17.5 Å². The van der Waals surface area contributed by atoms with Gasteiger partial charge in [0.05, 0.1) is 11.5 Å². The molecule has 0 radical (unpaired) electrons. The number of aliphatic hydroxyl groups is 1. The smallest absolute Gasteiger partial charge is 0.287 e. The Kier molecular flexibility index (Phi) is 8.83. The first kappa shape index (κ1) is 16.2. The standard InChI is InChI=1S/C8H10N2O3S2.C2H6/c1-6(5-11)14-15-8-3-2-7(4-9-8)10(12)13;1-2/h2-4,6,11H,5H2,1H3;1-2H3. The Hall–Kier alpha value is -0.790. The number of hydrogen-bond donors (Lipinski definition) is 1. The summed E-state index contributed by atoms with van der Waals surface area (Å²) in [6, 6.07) is 3.01. The van der Waals surface area contributed by atoms with Crippen LogP contribution in [0.2, 0.25) is 0 Å². The van der Waals surface area contributed by atoms with E-state index in [4.69, 9.17) is 5.11 Å². The fourth-order valence-electron chi connectivity index (χ4n) is 0.692. The highest BCUT2D eigenvalue weighted by molar-refractivity contribution is 8.76. The molecule has 0 saturated heterocycles. The van der Waals surface area contributed by atoms with Gasteiger partial charge in [-0.3, -0.25) is 10.1 Å².